The van der Waals surface area contributed by atoms with E-state index in [2.05, 4.69) is 32.7 Å². The van der Waals surface area contributed by atoms with Gasteiger partial charge in [0.25, 0.3) is 0 Å². The van der Waals surface area contributed by atoms with E-state index in [9.17, 15) is 4.39 Å². The van der Waals surface area contributed by atoms with Crippen LogP contribution in [-0.2, 0) is 6.54 Å². The lowest BCUT2D eigenvalue weighted by Crippen LogP contribution is -2.33. The lowest BCUT2D eigenvalue weighted by Gasteiger charge is -2.16. The Kier molecular flexibility index (Phi) is 6.20. The van der Waals surface area contributed by atoms with E-state index in [-0.39, 0.29) is 12.8 Å². The van der Waals surface area contributed by atoms with E-state index in [1.54, 1.807) is 0 Å². The van der Waals surface area contributed by atoms with Crippen molar-refractivity contribution < 1.29 is 9.13 Å². The highest BCUT2D eigenvalue weighted by molar-refractivity contribution is 5.86. The van der Waals surface area contributed by atoms with Crippen LogP contribution in [0, 0.1) is 0 Å². The molecule has 7 nitrogen and oxygen atoms in total. The Morgan fingerprint density at radius 3 is 2.91 bits per heavy atom. The third kappa shape index (κ3) is 4.67. The highest BCUT2D eigenvalue weighted by Gasteiger charge is 2.22. The largest absolute Gasteiger partial charge is 0.489 e. The zero-order valence-corrected chi connectivity index (χ0v) is 19.0. The molecule has 1 saturated heterocycles. The molecule has 1 aliphatic rings. The van der Waals surface area contributed by atoms with Gasteiger partial charge in [0.1, 0.15) is 23.6 Å². The smallest absolute Gasteiger partial charge is 0.187 e. The third-order valence-corrected chi connectivity index (χ3v) is 5.94. The maximum Gasteiger partial charge on any atom is 0.187 e. The van der Waals surface area contributed by atoms with E-state index < -0.39 is 0 Å². The lowest BCUT2D eigenvalue weighted by atomic mass is 10.2. The molecule has 0 aliphatic carbocycles. The molecule has 8 heteroatoms. The van der Waals surface area contributed by atoms with Crippen LogP contribution in [0.25, 0.3) is 28.1 Å². The summed E-state index contributed by atoms with van der Waals surface area (Å²) in [7, 11) is 0. The molecule has 0 saturated carbocycles. The number of nitrogens with one attached hydrogen (secondary N) is 1. The van der Waals surface area contributed by atoms with E-state index in [1.807, 2.05) is 54.6 Å². The quantitative estimate of drug-likeness (QED) is 0.442. The Morgan fingerprint density at radius 2 is 2.06 bits per heavy atom. The van der Waals surface area contributed by atoms with Gasteiger partial charge in [-0.05, 0) is 44.0 Å². The van der Waals surface area contributed by atoms with Gasteiger partial charge in [0, 0.05) is 43.8 Å². The predicted octanol–water partition coefficient (Wildman–Crippen LogP) is 3.87. The topological polar surface area (TPSA) is 67.6 Å². The van der Waals surface area contributed by atoms with Crippen molar-refractivity contribution in [3.63, 3.8) is 0 Å². The first-order valence-electron chi connectivity index (χ1n) is 11.5. The zero-order chi connectivity index (χ0) is 22.8. The minimum atomic E-state index is -0.322. The van der Waals surface area contributed by atoms with Gasteiger partial charge in [0.15, 0.2) is 11.5 Å². The lowest BCUT2D eigenvalue weighted by molar-refractivity contribution is 0.245. The van der Waals surface area contributed by atoms with Crippen LogP contribution >= 0.6 is 0 Å². The summed E-state index contributed by atoms with van der Waals surface area (Å²) in [5.41, 5.74) is 3.54. The van der Waals surface area contributed by atoms with Crippen molar-refractivity contribution in [1.82, 2.24) is 29.8 Å². The monoisotopic (exact) mass is 448 g/mol. The normalized spacial score (nSPS) is 16.9. The Hall–Kier alpha value is -3.10. The van der Waals surface area contributed by atoms with Crippen LogP contribution in [0.15, 0.2) is 48.7 Å². The highest BCUT2D eigenvalue weighted by Crippen LogP contribution is 2.28. The number of rotatable bonds is 8. The van der Waals surface area contributed by atoms with Gasteiger partial charge < -0.3 is 10.1 Å². The van der Waals surface area contributed by atoms with Crippen molar-refractivity contribution in [2.45, 2.75) is 39.0 Å². The molecule has 0 spiro atoms. The summed E-state index contributed by atoms with van der Waals surface area (Å²) in [6.45, 7) is 6.89. The van der Waals surface area contributed by atoms with Gasteiger partial charge in [-0.1, -0.05) is 24.3 Å². The number of hydrogen-bond donors (Lipinski definition) is 1. The van der Waals surface area contributed by atoms with Crippen LogP contribution in [-0.4, -0.2) is 62.9 Å². The molecule has 1 atom stereocenters. The van der Waals surface area contributed by atoms with Gasteiger partial charge in [0.05, 0.1) is 6.10 Å². The summed E-state index contributed by atoms with van der Waals surface area (Å²) in [5.74, 6) is 1.47. The maximum atomic E-state index is 12.4. The summed E-state index contributed by atoms with van der Waals surface area (Å²) in [6.07, 6.45) is 3.20. The van der Waals surface area contributed by atoms with Gasteiger partial charge in [-0.3, -0.25) is 9.30 Å². The molecule has 1 unspecified atom stereocenters. The van der Waals surface area contributed by atoms with Gasteiger partial charge >= 0.3 is 0 Å². The molecule has 172 valence electrons. The summed E-state index contributed by atoms with van der Waals surface area (Å²) in [4.78, 5) is 7.29. The zero-order valence-electron chi connectivity index (χ0n) is 19.0. The molecule has 0 amide bonds. The molecular formula is C25H29FN6O. The molecule has 33 heavy (non-hydrogen) atoms. The van der Waals surface area contributed by atoms with E-state index in [1.165, 1.54) is 5.56 Å². The SMILES string of the molecule is CC(C)Oc1cccc2ccc(-c3nnc4ccc(CN5CCC(NCCF)C5)cn34)nc12. The summed E-state index contributed by atoms with van der Waals surface area (Å²) in [6, 6.07) is 14.4. The number of fused-ring (bicyclic) bond motifs is 2. The van der Waals surface area contributed by atoms with Crippen molar-refractivity contribution in [2.75, 3.05) is 26.3 Å². The van der Waals surface area contributed by atoms with Crippen LogP contribution in [0.2, 0.25) is 0 Å². The average molecular weight is 449 g/mol. The number of pyridine rings is 2. The molecule has 1 fully saturated rings. The number of aromatic nitrogens is 4. The van der Waals surface area contributed by atoms with Crippen molar-refractivity contribution in [3.8, 4) is 17.3 Å². The Labute approximate surface area is 192 Å². The first-order chi connectivity index (χ1) is 16.1. The second kappa shape index (κ2) is 9.41. The number of ether oxygens (including phenoxy) is 1. The van der Waals surface area contributed by atoms with Crippen LogP contribution in [0.5, 0.6) is 5.75 Å². The minimum absolute atomic E-state index is 0.0647. The Morgan fingerprint density at radius 1 is 1.15 bits per heavy atom. The molecule has 4 heterocycles. The minimum Gasteiger partial charge on any atom is -0.489 e. The molecule has 1 aromatic carbocycles. The van der Waals surface area contributed by atoms with Crippen molar-refractivity contribution in [1.29, 1.82) is 0 Å². The van der Waals surface area contributed by atoms with Crippen LogP contribution in [0.3, 0.4) is 0 Å². The van der Waals surface area contributed by atoms with Crippen molar-refractivity contribution in [3.05, 3.63) is 54.2 Å². The number of nitrogens with zero attached hydrogens (tertiary/aromatic N) is 5. The molecule has 3 aromatic heterocycles. The Balaban J connectivity index is 1.43. The first kappa shape index (κ1) is 21.7. The Bertz CT molecular complexity index is 1260. The van der Waals surface area contributed by atoms with Gasteiger partial charge in [-0.15, -0.1) is 10.2 Å². The van der Waals surface area contributed by atoms with Crippen molar-refractivity contribution >= 4 is 16.6 Å². The molecule has 0 radical (unpaired) electrons. The van der Waals surface area contributed by atoms with Crippen LogP contribution < -0.4 is 10.1 Å². The van der Waals surface area contributed by atoms with Gasteiger partial charge in [-0.25, -0.2) is 9.37 Å². The molecule has 5 rings (SSSR count). The van der Waals surface area contributed by atoms with Crippen LogP contribution in [0.4, 0.5) is 4.39 Å². The van der Waals surface area contributed by atoms with E-state index in [0.717, 1.165) is 54.0 Å². The molecule has 1 N–H and O–H groups in total. The number of benzene rings is 1. The van der Waals surface area contributed by atoms with E-state index in [4.69, 9.17) is 9.72 Å². The molecule has 0 bridgehead atoms. The number of para-hydroxylation sites is 1. The maximum absolute atomic E-state index is 12.4. The second-order valence-corrected chi connectivity index (χ2v) is 8.84. The van der Waals surface area contributed by atoms with Crippen LogP contribution in [0.1, 0.15) is 25.8 Å². The number of likely N-dealkylation sites (tertiary alicyclic amines) is 1. The van der Waals surface area contributed by atoms with Gasteiger partial charge in [0.2, 0.25) is 0 Å². The van der Waals surface area contributed by atoms with Crippen molar-refractivity contribution in [2.24, 2.45) is 0 Å². The number of hydrogen-bond acceptors (Lipinski definition) is 6. The highest BCUT2D eigenvalue weighted by atomic mass is 19.1. The van der Waals surface area contributed by atoms with E-state index in [0.29, 0.717) is 18.4 Å². The molecule has 1 aliphatic heterocycles. The predicted molar refractivity (Wildman–Crippen MR) is 127 cm³/mol. The molecular weight excluding hydrogens is 419 g/mol. The standard InChI is InChI=1S/C25H29FN6O/c1-17(2)33-22-5-3-4-19-7-8-21(28-24(19)22)25-30-29-23-9-6-18(15-32(23)25)14-31-13-10-20(16-31)27-12-11-26/h3-9,15,17,20,27H,10-14,16H2,1-2H3. The van der Waals surface area contributed by atoms with Gasteiger partial charge in [-0.2, -0.15) is 0 Å². The number of alkyl halides is 1. The number of halogens is 1. The fraction of sp³-hybridized carbons (Fsp3) is 0.400. The average Bonchev–Trinajstić information content (AvgIpc) is 3.44. The third-order valence-electron chi connectivity index (χ3n) is 5.94. The first-order valence-corrected chi connectivity index (χ1v) is 11.5. The summed E-state index contributed by atoms with van der Waals surface area (Å²) >= 11 is 0. The summed E-state index contributed by atoms with van der Waals surface area (Å²) < 4.78 is 20.4. The second-order valence-electron chi connectivity index (χ2n) is 8.84. The molecule has 4 aromatic rings. The fourth-order valence-corrected chi connectivity index (χ4v) is 4.46. The van der Waals surface area contributed by atoms with E-state index >= 15 is 0 Å². The fourth-order valence-electron chi connectivity index (χ4n) is 4.46. The summed E-state index contributed by atoms with van der Waals surface area (Å²) in [5, 5.41) is 13.1.